The normalized spacial score (nSPS) is 11.2. The van der Waals surface area contributed by atoms with Crippen LogP contribution in [0.4, 0.5) is 5.69 Å². The molecule has 2 aromatic carbocycles. The largest absolute Gasteiger partial charge is 0.495 e. The summed E-state index contributed by atoms with van der Waals surface area (Å²) in [5.74, 6) is 0.485. The first-order chi connectivity index (χ1) is 9.83. The first-order valence-corrected chi connectivity index (χ1v) is 8.55. The van der Waals surface area contributed by atoms with E-state index in [1.165, 1.54) is 7.11 Å². The Balaban J connectivity index is 2.44. The summed E-state index contributed by atoms with van der Waals surface area (Å²) in [6.07, 6.45) is 0. The second-order valence-corrected chi connectivity index (χ2v) is 7.29. The molecule has 0 aliphatic heterocycles. The lowest BCUT2D eigenvalue weighted by Crippen LogP contribution is -2.15. The van der Waals surface area contributed by atoms with E-state index in [0.717, 1.165) is 10.0 Å². The molecule has 0 unspecified atom stereocenters. The van der Waals surface area contributed by atoms with Gasteiger partial charge in [-0.05, 0) is 55.3 Å². The fourth-order valence-corrected chi connectivity index (χ4v) is 3.78. The topological polar surface area (TPSA) is 55.4 Å². The van der Waals surface area contributed by atoms with E-state index in [1.807, 2.05) is 13.0 Å². The highest BCUT2D eigenvalue weighted by Crippen LogP contribution is 2.29. The number of nitrogens with one attached hydrogen (secondary N) is 1. The lowest BCUT2D eigenvalue weighted by molar-refractivity contribution is 0.417. The van der Waals surface area contributed by atoms with Gasteiger partial charge in [-0.25, -0.2) is 8.42 Å². The van der Waals surface area contributed by atoms with Crippen molar-refractivity contribution in [3.8, 4) is 5.75 Å². The van der Waals surface area contributed by atoms with Gasteiger partial charge in [0.1, 0.15) is 5.75 Å². The van der Waals surface area contributed by atoms with Gasteiger partial charge in [0.05, 0.1) is 17.7 Å². The Bertz CT molecular complexity index is 772. The summed E-state index contributed by atoms with van der Waals surface area (Å²) < 4.78 is 33.7. The fraction of sp³-hybridized carbons (Fsp3) is 0.200. The lowest BCUT2D eigenvalue weighted by Gasteiger charge is -2.14. The molecule has 0 bridgehead atoms. The summed E-state index contributed by atoms with van der Waals surface area (Å²) in [5.41, 5.74) is 2.05. The van der Waals surface area contributed by atoms with Gasteiger partial charge in [-0.3, -0.25) is 4.72 Å². The van der Waals surface area contributed by atoms with Crippen molar-refractivity contribution in [2.45, 2.75) is 18.7 Å². The van der Waals surface area contributed by atoms with Crippen LogP contribution in [0.2, 0.25) is 0 Å². The zero-order valence-electron chi connectivity index (χ0n) is 12.0. The van der Waals surface area contributed by atoms with E-state index in [-0.39, 0.29) is 4.90 Å². The van der Waals surface area contributed by atoms with Crippen LogP contribution < -0.4 is 9.46 Å². The van der Waals surface area contributed by atoms with Crippen LogP contribution >= 0.6 is 15.9 Å². The summed E-state index contributed by atoms with van der Waals surface area (Å²) in [5, 5.41) is 0. The van der Waals surface area contributed by atoms with Gasteiger partial charge in [0, 0.05) is 4.47 Å². The molecule has 6 heteroatoms. The van der Waals surface area contributed by atoms with Gasteiger partial charge < -0.3 is 4.74 Å². The second-order valence-electron chi connectivity index (χ2n) is 4.72. The fourth-order valence-electron chi connectivity index (χ4n) is 2.02. The molecule has 21 heavy (non-hydrogen) atoms. The highest BCUT2D eigenvalue weighted by molar-refractivity contribution is 9.10. The maximum Gasteiger partial charge on any atom is 0.262 e. The number of rotatable bonds is 4. The van der Waals surface area contributed by atoms with Crippen molar-refractivity contribution in [2.24, 2.45) is 0 Å². The van der Waals surface area contributed by atoms with Gasteiger partial charge in [-0.15, -0.1) is 0 Å². The number of halogens is 1. The zero-order chi connectivity index (χ0) is 15.6. The predicted molar refractivity (Wildman–Crippen MR) is 87.4 cm³/mol. The molecular formula is C15H16BrNO3S. The van der Waals surface area contributed by atoms with E-state index in [1.54, 1.807) is 37.3 Å². The Labute approximate surface area is 133 Å². The number of sulfonamides is 1. The van der Waals surface area contributed by atoms with Crippen molar-refractivity contribution in [3.63, 3.8) is 0 Å². The SMILES string of the molecule is COc1ccc(C)cc1NS(=O)(=O)c1ccc(Br)cc1C. The number of benzene rings is 2. The van der Waals surface area contributed by atoms with E-state index in [2.05, 4.69) is 20.7 Å². The van der Waals surface area contributed by atoms with Crippen molar-refractivity contribution in [1.82, 2.24) is 0 Å². The summed E-state index contributed by atoms with van der Waals surface area (Å²) in [7, 11) is -2.15. The van der Waals surface area contributed by atoms with Crippen molar-refractivity contribution in [2.75, 3.05) is 11.8 Å². The predicted octanol–water partition coefficient (Wildman–Crippen LogP) is 3.88. The van der Waals surface area contributed by atoms with Crippen molar-refractivity contribution in [3.05, 3.63) is 52.0 Å². The molecule has 0 amide bonds. The number of hydrogen-bond donors (Lipinski definition) is 1. The Morgan fingerprint density at radius 1 is 1.10 bits per heavy atom. The van der Waals surface area contributed by atoms with Gasteiger partial charge in [0.2, 0.25) is 0 Å². The third-order valence-corrected chi connectivity index (χ3v) is 5.04. The minimum Gasteiger partial charge on any atom is -0.495 e. The molecule has 0 aliphatic rings. The molecule has 2 rings (SSSR count). The second kappa shape index (κ2) is 6.07. The third kappa shape index (κ3) is 3.57. The molecule has 0 heterocycles. The number of anilines is 1. The molecule has 0 fully saturated rings. The van der Waals surface area contributed by atoms with Crippen LogP contribution in [-0.4, -0.2) is 15.5 Å². The van der Waals surface area contributed by atoms with Crippen LogP contribution in [0, 0.1) is 13.8 Å². The maximum absolute atomic E-state index is 12.5. The molecule has 0 aliphatic carbocycles. The first kappa shape index (κ1) is 15.9. The number of ether oxygens (including phenoxy) is 1. The summed E-state index contributed by atoms with van der Waals surface area (Å²) in [4.78, 5) is 0.245. The Kier molecular flexibility index (Phi) is 4.58. The lowest BCUT2D eigenvalue weighted by atomic mass is 10.2. The highest BCUT2D eigenvalue weighted by Gasteiger charge is 2.19. The van der Waals surface area contributed by atoms with Crippen molar-refractivity contribution in [1.29, 1.82) is 0 Å². The van der Waals surface area contributed by atoms with Gasteiger partial charge in [-0.1, -0.05) is 22.0 Å². The Morgan fingerprint density at radius 3 is 2.43 bits per heavy atom. The maximum atomic E-state index is 12.5. The first-order valence-electron chi connectivity index (χ1n) is 6.27. The molecule has 1 N–H and O–H groups in total. The van der Waals surface area contributed by atoms with Crippen LogP contribution in [-0.2, 0) is 10.0 Å². The van der Waals surface area contributed by atoms with E-state index in [4.69, 9.17) is 4.74 Å². The summed E-state index contributed by atoms with van der Waals surface area (Å²) in [6.45, 7) is 3.65. The van der Waals surface area contributed by atoms with Crippen LogP contribution in [0.3, 0.4) is 0 Å². The molecule has 4 nitrogen and oxygen atoms in total. The summed E-state index contributed by atoms with van der Waals surface area (Å²) >= 11 is 3.33. The Hall–Kier alpha value is -1.53. The Morgan fingerprint density at radius 2 is 1.81 bits per heavy atom. The third-order valence-electron chi connectivity index (χ3n) is 3.03. The highest BCUT2D eigenvalue weighted by atomic mass is 79.9. The van der Waals surface area contributed by atoms with Gasteiger partial charge in [0.25, 0.3) is 10.0 Å². The quantitative estimate of drug-likeness (QED) is 0.889. The van der Waals surface area contributed by atoms with Gasteiger partial charge in [-0.2, -0.15) is 0 Å². The van der Waals surface area contributed by atoms with Crippen LogP contribution in [0.5, 0.6) is 5.75 Å². The van der Waals surface area contributed by atoms with Crippen molar-refractivity contribution < 1.29 is 13.2 Å². The molecule has 0 radical (unpaired) electrons. The molecule has 112 valence electrons. The van der Waals surface area contributed by atoms with Crippen LogP contribution in [0.15, 0.2) is 45.8 Å². The van der Waals surface area contributed by atoms with E-state index in [9.17, 15) is 8.42 Å². The molecule has 0 spiro atoms. The van der Waals surface area contributed by atoms with E-state index < -0.39 is 10.0 Å². The molecule has 2 aromatic rings. The number of aryl methyl sites for hydroxylation is 2. The molecule has 0 saturated heterocycles. The zero-order valence-corrected chi connectivity index (χ0v) is 14.4. The molecule has 0 atom stereocenters. The standard InChI is InChI=1S/C15H16BrNO3S/c1-10-4-6-14(20-3)13(8-10)17-21(18,19)15-7-5-12(16)9-11(15)2/h4-9,17H,1-3H3. The number of hydrogen-bond acceptors (Lipinski definition) is 3. The van der Waals surface area contributed by atoms with E-state index in [0.29, 0.717) is 17.0 Å². The van der Waals surface area contributed by atoms with Crippen LogP contribution in [0.1, 0.15) is 11.1 Å². The average molecular weight is 370 g/mol. The monoisotopic (exact) mass is 369 g/mol. The molecule has 0 saturated carbocycles. The van der Waals surface area contributed by atoms with Crippen molar-refractivity contribution >= 4 is 31.6 Å². The van der Waals surface area contributed by atoms with Gasteiger partial charge in [0.15, 0.2) is 0 Å². The molecular weight excluding hydrogens is 354 g/mol. The smallest absolute Gasteiger partial charge is 0.262 e. The molecule has 0 aromatic heterocycles. The minimum atomic E-state index is -3.66. The summed E-state index contributed by atoms with van der Waals surface area (Å²) in [6, 6.07) is 10.4. The minimum absolute atomic E-state index is 0.245. The van der Waals surface area contributed by atoms with Gasteiger partial charge >= 0.3 is 0 Å². The van der Waals surface area contributed by atoms with Crippen LogP contribution in [0.25, 0.3) is 0 Å². The van der Waals surface area contributed by atoms with E-state index >= 15 is 0 Å². The number of methoxy groups -OCH3 is 1. The average Bonchev–Trinajstić information content (AvgIpc) is 2.37.